The van der Waals surface area contributed by atoms with E-state index in [0.717, 1.165) is 30.9 Å². The van der Waals surface area contributed by atoms with Crippen LogP contribution in [0.5, 0.6) is 5.75 Å². The van der Waals surface area contributed by atoms with Crippen LogP contribution in [0, 0.1) is 0 Å². The van der Waals surface area contributed by atoms with Crippen molar-refractivity contribution in [3.63, 3.8) is 0 Å². The van der Waals surface area contributed by atoms with Crippen LogP contribution >= 0.6 is 0 Å². The first-order valence-electron chi connectivity index (χ1n) is 10.8. The molecule has 0 N–H and O–H groups in total. The maximum atomic E-state index is 12.7. The molecular formula is C24H31N3O3Se. The third-order valence-electron chi connectivity index (χ3n) is 5.16. The molecule has 1 unspecified atom stereocenters. The van der Waals surface area contributed by atoms with Gasteiger partial charge in [-0.05, 0) is 0 Å². The molecule has 0 fully saturated rings. The van der Waals surface area contributed by atoms with Crippen molar-refractivity contribution in [2.45, 2.75) is 38.7 Å². The van der Waals surface area contributed by atoms with Gasteiger partial charge in [-0.2, -0.15) is 0 Å². The second-order valence-electron chi connectivity index (χ2n) is 7.04. The Bertz CT molecular complexity index is 885. The van der Waals surface area contributed by atoms with Crippen molar-refractivity contribution < 1.29 is 14.3 Å². The molecule has 0 spiro atoms. The molecule has 0 aromatic heterocycles. The van der Waals surface area contributed by atoms with Crippen molar-refractivity contribution in [3.8, 4) is 5.75 Å². The third-order valence-corrected chi connectivity index (χ3v) is 7.98. The average molecular weight is 488 g/mol. The molecule has 0 radical (unpaired) electrons. The van der Waals surface area contributed by atoms with E-state index in [1.165, 1.54) is 5.56 Å². The SMILES string of the molecule is CCOC(=O)C1=NN(c2ccccc2)C(Cc2ccc(OCC)cc2)(N(CC)CC)[Se]1. The number of benzene rings is 2. The zero-order valence-corrected chi connectivity index (χ0v) is 20.4. The molecule has 31 heavy (non-hydrogen) atoms. The van der Waals surface area contributed by atoms with Gasteiger partial charge in [0.15, 0.2) is 0 Å². The summed E-state index contributed by atoms with van der Waals surface area (Å²) < 4.78 is 11.0. The summed E-state index contributed by atoms with van der Waals surface area (Å²) in [6.45, 7) is 10.8. The number of rotatable bonds is 10. The molecule has 3 rings (SSSR count). The first-order chi connectivity index (χ1) is 15.1. The van der Waals surface area contributed by atoms with Crippen LogP contribution in [0.1, 0.15) is 33.3 Å². The number of likely N-dealkylation sites (N-methyl/N-ethyl adjacent to an activating group) is 1. The zero-order chi connectivity index (χ0) is 22.3. The van der Waals surface area contributed by atoms with Crippen LogP contribution in [0.2, 0.25) is 0 Å². The Morgan fingerprint density at radius 1 is 1.00 bits per heavy atom. The first kappa shape index (κ1) is 23.3. The fourth-order valence-electron chi connectivity index (χ4n) is 3.77. The Morgan fingerprint density at radius 2 is 1.68 bits per heavy atom. The second kappa shape index (κ2) is 10.8. The molecule has 1 aliphatic heterocycles. The van der Waals surface area contributed by atoms with Crippen molar-refractivity contribution in [2.75, 3.05) is 31.3 Å². The molecule has 1 heterocycles. The van der Waals surface area contributed by atoms with E-state index in [1.54, 1.807) is 0 Å². The number of nitrogens with zero attached hydrogens (tertiary/aromatic N) is 3. The van der Waals surface area contributed by atoms with Crippen LogP contribution in [-0.4, -0.2) is 61.3 Å². The molecule has 1 atom stereocenters. The Balaban J connectivity index is 2.05. The fourth-order valence-corrected chi connectivity index (χ4v) is 6.77. The molecule has 2 aromatic carbocycles. The quantitative estimate of drug-likeness (QED) is 0.377. The van der Waals surface area contributed by atoms with Crippen LogP contribution in [0.4, 0.5) is 5.69 Å². The Kier molecular flexibility index (Phi) is 8.13. The molecule has 2 aromatic rings. The molecule has 1 aliphatic rings. The molecule has 7 heteroatoms. The monoisotopic (exact) mass is 489 g/mol. The normalized spacial score (nSPS) is 18.2. The van der Waals surface area contributed by atoms with Crippen LogP contribution in [0.25, 0.3) is 0 Å². The fraction of sp³-hybridized carbons (Fsp3) is 0.417. The van der Waals surface area contributed by atoms with Gasteiger partial charge in [0.25, 0.3) is 0 Å². The van der Waals surface area contributed by atoms with Gasteiger partial charge >= 0.3 is 191 Å². The van der Waals surface area contributed by atoms with Gasteiger partial charge in [0.1, 0.15) is 0 Å². The van der Waals surface area contributed by atoms with E-state index in [4.69, 9.17) is 14.6 Å². The minimum absolute atomic E-state index is 0.236. The summed E-state index contributed by atoms with van der Waals surface area (Å²) in [5, 5.41) is 6.87. The van der Waals surface area contributed by atoms with Gasteiger partial charge in [-0.25, -0.2) is 0 Å². The molecule has 166 valence electrons. The van der Waals surface area contributed by atoms with Gasteiger partial charge in [0.05, 0.1) is 0 Å². The van der Waals surface area contributed by atoms with E-state index in [2.05, 4.69) is 30.9 Å². The van der Waals surface area contributed by atoms with Crippen molar-refractivity contribution in [2.24, 2.45) is 5.10 Å². The predicted molar refractivity (Wildman–Crippen MR) is 126 cm³/mol. The van der Waals surface area contributed by atoms with Crippen molar-refractivity contribution >= 4 is 31.2 Å². The van der Waals surface area contributed by atoms with E-state index in [-0.39, 0.29) is 20.9 Å². The standard InChI is InChI=1S/C24H31N3O3Se/c1-5-26(6-2)24(18-19-14-16-21(17-15-19)29-7-3)27(20-12-10-9-11-13-20)25-22(31-24)23(28)30-8-4/h9-17H,5-8,18H2,1-4H3. The van der Waals surface area contributed by atoms with E-state index in [9.17, 15) is 4.79 Å². The Labute approximate surface area is 191 Å². The van der Waals surface area contributed by atoms with E-state index in [0.29, 0.717) is 17.8 Å². The number of hydrogen-bond donors (Lipinski definition) is 0. The summed E-state index contributed by atoms with van der Waals surface area (Å²) >= 11 is -0.236. The van der Waals surface area contributed by atoms with Crippen molar-refractivity contribution in [1.29, 1.82) is 0 Å². The minimum atomic E-state index is -0.437. The topological polar surface area (TPSA) is 54.4 Å². The Morgan fingerprint density at radius 3 is 2.26 bits per heavy atom. The number of anilines is 1. The number of hydrogen-bond acceptors (Lipinski definition) is 6. The van der Waals surface area contributed by atoms with E-state index >= 15 is 0 Å². The van der Waals surface area contributed by atoms with Gasteiger partial charge < -0.3 is 0 Å². The van der Waals surface area contributed by atoms with Crippen LogP contribution in [0.3, 0.4) is 0 Å². The van der Waals surface area contributed by atoms with Gasteiger partial charge in [0, 0.05) is 0 Å². The number of esters is 1. The number of carbonyl (C=O) groups is 1. The molecule has 0 aliphatic carbocycles. The second-order valence-corrected chi connectivity index (χ2v) is 9.66. The molecule has 0 saturated heterocycles. The van der Waals surface area contributed by atoms with Gasteiger partial charge in [0.2, 0.25) is 0 Å². The molecule has 0 amide bonds. The summed E-state index contributed by atoms with van der Waals surface area (Å²) in [6.07, 6.45) is 0.738. The van der Waals surface area contributed by atoms with E-state index in [1.807, 2.05) is 61.3 Å². The van der Waals surface area contributed by atoms with Crippen LogP contribution in [0.15, 0.2) is 59.7 Å². The summed E-state index contributed by atoms with van der Waals surface area (Å²) in [7, 11) is 0. The van der Waals surface area contributed by atoms with Crippen molar-refractivity contribution in [3.05, 3.63) is 60.2 Å². The predicted octanol–water partition coefficient (Wildman–Crippen LogP) is 3.72. The maximum absolute atomic E-state index is 12.7. The zero-order valence-electron chi connectivity index (χ0n) is 18.7. The summed E-state index contributed by atoms with van der Waals surface area (Å²) in [5.41, 5.74) is 2.15. The molecule has 6 nitrogen and oxygen atoms in total. The molecular weight excluding hydrogens is 457 g/mol. The summed E-state index contributed by atoms with van der Waals surface area (Å²) in [5.74, 6) is 0.549. The number of ether oxygens (including phenoxy) is 2. The Hall–Kier alpha value is -2.34. The molecule has 0 bridgehead atoms. The summed E-state index contributed by atoms with van der Waals surface area (Å²) in [4.78, 5) is 15.1. The van der Waals surface area contributed by atoms with Crippen LogP contribution in [-0.2, 0) is 16.0 Å². The average Bonchev–Trinajstić information content (AvgIpc) is 3.17. The van der Waals surface area contributed by atoms with Gasteiger partial charge in [-0.1, -0.05) is 0 Å². The number of carbonyl (C=O) groups excluding carboxylic acids is 1. The van der Waals surface area contributed by atoms with Gasteiger partial charge in [-0.3, -0.25) is 0 Å². The van der Waals surface area contributed by atoms with E-state index < -0.39 is 4.56 Å². The van der Waals surface area contributed by atoms with Crippen LogP contribution < -0.4 is 9.75 Å². The van der Waals surface area contributed by atoms with Crippen molar-refractivity contribution in [1.82, 2.24) is 4.90 Å². The third kappa shape index (κ3) is 5.12. The molecule has 0 saturated carbocycles. The number of para-hydroxylation sites is 1. The number of hydrazone groups is 1. The summed E-state index contributed by atoms with van der Waals surface area (Å²) in [6, 6.07) is 18.3. The van der Waals surface area contributed by atoms with Gasteiger partial charge in [-0.15, -0.1) is 0 Å². The first-order valence-corrected chi connectivity index (χ1v) is 12.6.